The van der Waals surface area contributed by atoms with Crippen LogP contribution in [0.5, 0.6) is 0 Å². The third-order valence-electron chi connectivity index (χ3n) is 4.16. The highest BCUT2D eigenvalue weighted by Gasteiger charge is 2.11. The molecular weight excluding hydrogens is 232 g/mol. The Kier molecular flexibility index (Phi) is 9.75. The molecule has 0 spiro atoms. The number of hydrogen-bond donors (Lipinski definition) is 0. The number of unbranched alkanes of at least 4 members (excludes halogenated alkanes) is 8. The molecule has 0 aromatic heterocycles. The van der Waals surface area contributed by atoms with Gasteiger partial charge in [-0.15, -0.1) is 0 Å². The lowest BCUT2D eigenvalue weighted by Gasteiger charge is -2.11. The number of allylic oxidation sites excluding steroid dienone is 2. The van der Waals surface area contributed by atoms with E-state index in [4.69, 9.17) is 0 Å². The molecule has 110 valence electrons. The van der Waals surface area contributed by atoms with Crippen molar-refractivity contribution in [1.82, 2.24) is 0 Å². The maximum absolute atomic E-state index is 11.9. The van der Waals surface area contributed by atoms with E-state index in [1.807, 2.05) is 0 Å². The SMILES string of the molecule is CCCCCCCCCCCC(=O)C1=CCCCC1. The van der Waals surface area contributed by atoms with Crippen molar-refractivity contribution in [2.45, 2.75) is 96.8 Å². The molecule has 0 heterocycles. The van der Waals surface area contributed by atoms with Gasteiger partial charge in [-0.3, -0.25) is 4.79 Å². The molecule has 0 bridgehead atoms. The van der Waals surface area contributed by atoms with Gasteiger partial charge in [0.15, 0.2) is 5.78 Å². The summed E-state index contributed by atoms with van der Waals surface area (Å²) >= 11 is 0. The number of hydrogen-bond acceptors (Lipinski definition) is 1. The Morgan fingerprint density at radius 3 is 2.16 bits per heavy atom. The monoisotopic (exact) mass is 264 g/mol. The first-order chi connectivity index (χ1) is 9.34. The molecule has 1 rings (SSSR count). The van der Waals surface area contributed by atoms with Crippen molar-refractivity contribution < 1.29 is 4.79 Å². The second-order valence-corrected chi connectivity index (χ2v) is 5.98. The van der Waals surface area contributed by atoms with Gasteiger partial charge in [-0.1, -0.05) is 64.4 Å². The molecule has 1 heteroatoms. The van der Waals surface area contributed by atoms with Crippen molar-refractivity contribution >= 4 is 5.78 Å². The fourth-order valence-electron chi connectivity index (χ4n) is 2.85. The molecule has 0 saturated heterocycles. The minimum atomic E-state index is 0.433. The maximum atomic E-state index is 11.9. The van der Waals surface area contributed by atoms with Gasteiger partial charge in [0.05, 0.1) is 0 Å². The van der Waals surface area contributed by atoms with Crippen LogP contribution in [0.3, 0.4) is 0 Å². The van der Waals surface area contributed by atoms with E-state index in [1.165, 1.54) is 64.2 Å². The quantitative estimate of drug-likeness (QED) is 0.420. The molecule has 1 aliphatic carbocycles. The zero-order valence-electron chi connectivity index (χ0n) is 12.9. The van der Waals surface area contributed by atoms with Crippen molar-refractivity contribution in [3.8, 4) is 0 Å². The second kappa shape index (κ2) is 11.3. The number of rotatable bonds is 11. The van der Waals surface area contributed by atoms with Crippen LogP contribution in [0.2, 0.25) is 0 Å². The molecule has 0 aromatic carbocycles. The average molecular weight is 264 g/mol. The summed E-state index contributed by atoms with van der Waals surface area (Å²) in [4.78, 5) is 11.9. The molecule has 0 aromatic rings. The van der Waals surface area contributed by atoms with E-state index in [1.54, 1.807) is 0 Å². The van der Waals surface area contributed by atoms with Crippen molar-refractivity contribution in [2.24, 2.45) is 0 Å². The minimum Gasteiger partial charge on any atom is -0.295 e. The topological polar surface area (TPSA) is 17.1 Å². The molecule has 19 heavy (non-hydrogen) atoms. The molecule has 0 atom stereocenters. The predicted molar refractivity (Wildman–Crippen MR) is 83.4 cm³/mol. The Bertz CT molecular complexity index is 265. The van der Waals surface area contributed by atoms with Crippen molar-refractivity contribution in [1.29, 1.82) is 0 Å². The molecule has 0 N–H and O–H groups in total. The van der Waals surface area contributed by atoms with E-state index in [-0.39, 0.29) is 0 Å². The van der Waals surface area contributed by atoms with E-state index < -0.39 is 0 Å². The van der Waals surface area contributed by atoms with Gasteiger partial charge in [0.1, 0.15) is 0 Å². The highest BCUT2D eigenvalue weighted by atomic mass is 16.1. The van der Waals surface area contributed by atoms with Crippen molar-refractivity contribution in [2.75, 3.05) is 0 Å². The lowest BCUT2D eigenvalue weighted by Crippen LogP contribution is -2.05. The summed E-state index contributed by atoms with van der Waals surface area (Å²) in [5.74, 6) is 0.433. The van der Waals surface area contributed by atoms with E-state index in [0.717, 1.165) is 31.3 Å². The fourth-order valence-corrected chi connectivity index (χ4v) is 2.85. The maximum Gasteiger partial charge on any atom is 0.158 e. The Hall–Kier alpha value is -0.590. The van der Waals surface area contributed by atoms with Crippen LogP contribution in [0.1, 0.15) is 96.8 Å². The van der Waals surface area contributed by atoms with Crippen molar-refractivity contribution in [3.63, 3.8) is 0 Å². The third-order valence-corrected chi connectivity index (χ3v) is 4.16. The first-order valence-corrected chi connectivity index (χ1v) is 8.57. The highest BCUT2D eigenvalue weighted by molar-refractivity contribution is 5.95. The van der Waals surface area contributed by atoms with E-state index >= 15 is 0 Å². The molecule has 0 fully saturated rings. The average Bonchev–Trinajstić information content (AvgIpc) is 2.46. The molecule has 0 radical (unpaired) electrons. The van der Waals surface area contributed by atoms with Crippen LogP contribution in [0, 0.1) is 0 Å². The van der Waals surface area contributed by atoms with Crippen LogP contribution in [-0.4, -0.2) is 5.78 Å². The Balaban J connectivity index is 1.90. The van der Waals surface area contributed by atoms with Gasteiger partial charge in [-0.05, 0) is 37.7 Å². The summed E-state index contributed by atoms with van der Waals surface area (Å²) in [6.07, 6.45) is 19.6. The normalized spacial score (nSPS) is 15.3. The Labute approximate surface area is 119 Å². The Morgan fingerprint density at radius 2 is 1.58 bits per heavy atom. The van der Waals surface area contributed by atoms with Crippen LogP contribution < -0.4 is 0 Å². The number of Topliss-reactive ketones (excluding diaryl/α,β-unsaturated/α-hetero) is 1. The van der Waals surface area contributed by atoms with E-state index in [0.29, 0.717) is 5.78 Å². The first kappa shape index (κ1) is 16.5. The van der Waals surface area contributed by atoms with E-state index in [2.05, 4.69) is 13.0 Å². The fraction of sp³-hybridized carbons (Fsp3) is 0.833. The second-order valence-electron chi connectivity index (χ2n) is 5.98. The molecule has 0 aliphatic heterocycles. The summed E-state index contributed by atoms with van der Waals surface area (Å²) in [6.45, 7) is 2.26. The van der Waals surface area contributed by atoms with Gasteiger partial charge in [-0.2, -0.15) is 0 Å². The summed E-state index contributed by atoms with van der Waals surface area (Å²) in [6, 6.07) is 0. The number of ketones is 1. The van der Waals surface area contributed by atoms with Crippen LogP contribution in [-0.2, 0) is 4.79 Å². The van der Waals surface area contributed by atoms with Gasteiger partial charge < -0.3 is 0 Å². The molecule has 1 nitrogen and oxygen atoms in total. The van der Waals surface area contributed by atoms with Gasteiger partial charge >= 0.3 is 0 Å². The first-order valence-electron chi connectivity index (χ1n) is 8.57. The van der Waals surface area contributed by atoms with Crippen LogP contribution in [0.15, 0.2) is 11.6 Å². The molecule has 0 amide bonds. The van der Waals surface area contributed by atoms with Crippen LogP contribution >= 0.6 is 0 Å². The summed E-state index contributed by atoms with van der Waals surface area (Å²) in [7, 11) is 0. The molecule has 0 saturated carbocycles. The highest BCUT2D eigenvalue weighted by Crippen LogP contribution is 2.20. The molecule has 1 aliphatic rings. The largest absolute Gasteiger partial charge is 0.295 e. The predicted octanol–water partition coefficient (Wildman–Crippen LogP) is 5.98. The number of carbonyl (C=O) groups excluding carboxylic acids is 1. The van der Waals surface area contributed by atoms with Crippen molar-refractivity contribution in [3.05, 3.63) is 11.6 Å². The molecule has 0 unspecified atom stereocenters. The van der Waals surface area contributed by atoms with Gasteiger partial charge in [-0.25, -0.2) is 0 Å². The number of carbonyl (C=O) groups is 1. The van der Waals surface area contributed by atoms with Gasteiger partial charge in [0.25, 0.3) is 0 Å². The zero-order chi connectivity index (χ0) is 13.8. The zero-order valence-corrected chi connectivity index (χ0v) is 12.9. The van der Waals surface area contributed by atoms with Crippen LogP contribution in [0.4, 0.5) is 0 Å². The smallest absolute Gasteiger partial charge is 0.158 e. The lowest BCUT2D eigenvalue weighted by atomic mass is 9.94. The van der Waals surface area contributed by atoms with Gasteiger partial charge in [0, 0.05) is 6.42 Å². The van der Waals surface area contributed by atoms with Crippen LogP contribution in [0.25, 0.3) is 0 Å². The molecular formula is C18H32O. The lowest BCUT2D eigenvalue weighted by molar-refractivity contribution is -0.115. The van der Waals surface area contributed by atoms with E-state index in [9.17, 15) is 4.79 Å². The Morgan fingerprint density at radius 1 is 0.947 bits per heavy atom. The third kappa shape index (κ3) is 8.23. The summed E-state index contributed by atoms with van der Waals surface area (Å²) < 4.78 is 0. The standard InChI is InChI=1S/C18H32O/c1-2-3-4-5-6-7-8-9-13-16-18(19)17-14-11-10-12-15-17/h14H,2-13,15-16H2,1H3. The summed E-state index contributed by atoms with van der Waals surface area (Å²) in [5.41, 5.74) is 1.13. The van der Waals surface area contributed by atoms with Gasteiger partial charge in [0.2, 0.25) is 0 Å². The minimum absolute atomic E-state index is 0.433. The summed E-state index contributed by atoms with van der Waals surface area (Å²) in [5, 5.41) is 0.